The van der Waals surface area contributed by atoms with Crippen molar-refractivity contribution in [2.45, 2.75) is 26.8 Å². The molecule has 3 nitrogen and oxygen atoms in total. The van der Waals surface area contributed by atoms with Crippen LogP contribution in [0.4, 0.5) is 0 Å². The summed E-state index contributed by atoms with van der Waals surface area (Å²) in [6, 6.07) is 3.82. The molecule has 0 radical (unpaired) electrons. The van der Waals surface area contributed by atoms with Gasteiger partial charge in [-0.15, -0.1) is 11.3 Å². The molecule has 0 spiro atoms. The highest BCUT2D eigenvalue weighted by Crippen LogP contribution is 2.18. The molecule has 5 heteroatoms. The second kappa shape index (κ2) is 4.98. The molecule has 0 unspecified atom stereocenters. The van der Waals surface area contributed by atoms with Gasteiger partial charge in [0.1, 0.15) is 0 Å². The largest absolute Gasteiger partial charge is 0.307 e. The number of carbonyl (C=O) groups is 1. The Bertz CT molecular complexity index is 592. The monoisotopic (exact) mass is 267 g/mol. The third kappa shape index (κ3) is 2.56. The Morgan fingerprint density at radius 1 is 1.41 bits per heavy atom. The zero-order chi connectivity index (χ0) is 12.4. The maximum absolute atomic E-state index is 12.0. The van der Waals surface area contributed by atoms with Crippen molar-refractivity contribution in [3.8, 4) is 0 Å². The number of carbonyl (C=O) groups excluding carboxylic acids is 1. The molecule has 0 amide bonds. The SMILES string of the molecule is CCc1ccc(C(=O)Cn2c(C)csc2=O)s1. The van der Waals surface area contributed by atoms with Gasteiger partial charge in [-0.2, -0.15) is 0 Å². The minimum atomic E-state index is -0.0666. The summed E-state index contributed by atoms with van der Waals surface area (Å²) in [7, 11) is 0. The van der Waals surface area contributed by atoms with Gasteiger partial charge in [0.15, 0.2) is 5.78 Å². The topological polar surface area (TPSA) is 39.1 Å². The molecule has 0 fully saturated rings. The molecular weight excluding hydrogens is 254 g/mol. The third-order valence-electron chi connectivity index (χ3n) is 2.56. The molecule has 2 aromatic heterocycles. The molecule has 2 heterocycles. The average molecular weight is 267 g/mol. The molecule has 0 N–H and O–H groups in total. The van der Waals surface area contributed by atoms with E-state index in [2.05, 4.69) is 6.92 Å². The van der Waals surface area contributed by atoms with Gasteiger partial charge in [0.05, 0.1) is 11.4 Å². The van der Waals surface area contributed by atoms with Crippen LogP contribution in [0.15, 0.2) is 22.3 Å². The van der Waals surface area contributed by atoms with Crippen LogP contribution in [0.3, 0.4) is 0 Å². The van der Waals surface area contributed by atoms with E-state index in [-0.39, 0.29) is 17.2 Å². The first-order chi connectivity index (χ1) is 8.11. The lowest BCUT2D eigenvalue weighted by atomic mass is 10.3. The van der Waals surface area contributed by atoms with E-state index in [4.69, 9.17) is 0 Å². The molecule has 0 atom stereocenters. The van der Waals surface area contributed by atoms with Crippen LogP contribution in [0, 0.1) is 6.92 Å². The van der Waals surface area contributed by atoms with Crippen LogP contribution in [-0.4, -0.2) is 10.4 Å². The van der Waals surface area contributed by atoms with Gasteiger partial charge in [0.2, 0.25) is 0 Å². The molecule has 0 aliphatic heterocycles. The second-order valence-corrected chi connectivity index (χ2v) is 5.76. The minimum Gasteiger partial charge on any atom is -0.296 e. The molecule has 90 valence electrons. The number of hydrogen-bond donors (Lipinski definition) is 0. The summed E-state index contributed by atoms with van der Waals surface area (Å²) >= 11 is 2.65. The number of rotatable bonds is 4. The first-order valence-electron chi connectivity index (χ1n) is 5.38. The lowest BCUT2D eigenvalue weighted by molar-refractivity contribution is 0.0974. The molecule has 2 aromatic rings. The van der Waals surface area contributed by atoms with Crippen LogP contribution in [0.2, 0.25) is 0 Å². The summed E-state index contributed by atoms with van der Waals surface area (Å²) in [5.74, 6) is 0.0123. The molecule has 0 aliphatic rings. The van der Waals surface area contributed by atoms with Crippen LogP contribution in [0.25, 0.3) is 0 Å². The van der Waals surface area contributed by atoms with Gasteiger partial charge in [-0.05, 0) is 25.5 Å². The smallest absolute Gasteiger partial charge is 0.296 e. The van der Waals surface area contributed by atoms with Gasteiger partial charge >= 0.3 is 4.87 Å². The number of ketones is 1. The summed E-state index contributed by atoms with van der Waals surface area (Å²) in [6.45, 7) is 4.06. The number of thiazole rings is 1. The van der Waals surface area contributed by atoms with Gasteiger partial charge in [-0.25, -0.2) is 0 Å². The van der Waals surface area contributed by atoms with Gasteiger partial charge in [-0.3, -0.25) is 14.2 Å². The highest BCUT2D eigenvalue weighted by Gasteiger charge is 2.12. The van der Waals surface area contributed by atoms with E-state index in [9.17, 15) is 9.59 Å². The summed E-state index contributed by atoms with van der Waals surface area (Å²) in [5.41, 5.74) is 0.848. The number of Topliss-reactive ketones (excluding diaryl/α,β-unsaturated/α-hetero) is 1. The summed E-state index contributed by atoms with van der Waals surface area (Å²) in [4.78, 5) is 25.4. The highest BCUT2D eigenvalue weighted by atomic mass is 32.1. The van der Waals surface area contributed by atoms with Crippen molar-refractivity contribution in [2.75, 3.05) is 0 Å². The number of aryl methyl sites for hydroxylation is 2. The first kappa shape index (κ1) is 12.3. The molecular formula is C12H13NO2S2. The quantitative estimate of drug-likeness (QED) is 0.799. The van der Waals surface area contributed by atoms with Crippen molar-refractivity contribution in [3.63, 3.8) is 0 Å². The lowest BCUT2D eigenvalue weighted by Crippen LogP contribution is -2.20. The van der Waals surface area contributed by atoms with Crippen molar-refractivity contribution in [2.24, 2.45) is 0 Å². The first-order valence-corrected chi connectivity index (χ1v) is 7.08. The van der Waals surface area contributed by atoms with Gasteiger partial charge in [0, 0.05) is 16.0 Å². The van der Waals surface area contributed by atoms with E-state index >= 15 is 0 Å². The fraction of sp³-hybridized carbons (Fsp3) is 0.333. The molecule has 0 bridgehead atoms. The van der Waals surface area contributed by atoms with Crippen LogP contribution >= 0.6 is 22.7 Å². The standard InChI is InChI=1S/C12H13NO2S2/c1-3-9-4-5-11(17-9)10(14)6-13-8(2)7-16-12(13)15/h4-5,7H,3,6H2,1-2H3. The van der Waals surface area contributed by atoms with Crippen molar-refractivity contribution >= 4 is 28.5 Å². The molecule has 2 rings (SSSR count). The van der Waals surface area contributed by atoms with Crippen LogP contribution < -0.4 is 4.87 Å². The Morgan fingerprint density at radius 2 is 2.18 bits per heavy atom. The maximum atomic E-state index is 12.0. The Labute approximate surface area is 107 Å². The van der Waals surface area contributed by atoms with E-state index in [1.165, 1.54) is 20.8 Å². The second-order valence-electron chi connectivity index (χ2n) is 3.77. The zero-order valence-electron chi connectivity index (χ0n) is 9.73. The summed E-state index contributed by atoms with van der Waals surface area (Å²) < 4.78 is 1.53. The Kier molecular flexibility index (Phi) is 3.59. The third-order valence-corrected chi connectivity index (χ3v) is 4.71. The predicted octanol–water partition coefficient (Wildman–Crippen LogP) is 2.73. The van der Waals surface area contributed by atoms with Gasteiger partial charge in [-0.1, -0.05) is 18.3 Å². The number of nitrogens with zero attached hydrogens (tertiary/aromatic N) is 1. The van der Waals surface area contributed by atoms with Crippen molar-refractivity contribution in [3.05, 3.63) is 42.6 Å². The number of hydrogen-bond acceptors (Lipinski definition) is 4. The maximum Gasteiger partial charge on any atom is 0.307 e. The van der Waals surface area contributed by atoms with E-state index < -0.39 is 0 Å². The molecule has 0 saturated carbocycles. The predicted molar refractivity (Wildman–Crippen MR) is 71.3 cm³/mol. The van der Waals surface area contributed by atoms with Crippen LogP contribution in [-0.2, 0) is 13.0 Å². The Morgan fingerprint density at radius 3 is 2.71 bits per heavy atom. The molecule has 0 saturated heterocycles. The fourth-order valence-corrected chi connectivity index (χ4v) is 3.15. The van der Waals surface area contributed by atoms with Gasteiger partial charge < -0.3 is 0 Å². The Balaban J connectivity index is 2.20. The van der Waals surface area contributed by atoms with E-state index in [0.29, 0.717) is 0 Å². The zero-order valence-corrected chi connectivity index (χ0v) is 11.4. The van der Waals surface area contributed by atoms with Crippen LogP contribution in [0.5, 0.6) is 0 Å². The van der Waals surface area contributed by atoms with E-state index in [1.54, 1.807) is 5.38 Å². The minimum absolute atomic E-state index is 0.0123. The van der Waals surface area contributed by atoms with E-state index in [1.807, 2.05) is 19.1 Å². The van der Waals surface area contributed by atoms with Crippen molar-refractivity contribution in [1.29, 1.82) is 0 Å². The molecule has 0 aliphatic carbocycles. The Hall–Kier alpha value is -1.20. The van der Waals surface area contributed by atoms with Crippen LogP contribution in [0.1, 0.15) is 27.2 Å². The average Bonchev–Trinajstić information content (AvgIpc) is 2.90. The van der Waals surface area contributed by atoms with Crippen molar-refractivity contribution in [1.82, 2.24) is 4.57 Å². The normalized spacial score (nSPS) is 10.7. The number of aromatic nitrogens is 1. The summed E-state index contributed by atoms with van der Waals surface area (Å²) in [6.07, 6.45) is 0.940. The fourth-order valence-electron chi connectivity index (χ4n) is 1.54. The van der Waals surface area contributed by atoms with E-state index in [0.717, 1.165) is 28.3 Å². The van der Waals surface area contributed by atoms with Crippen molar-refractivity contribution < 1.29 is 4.79 Å². The summed E-state index contributed by atoms with van der Waals surface area (Å²) in [5, 5.41) is 1.78. The molecule has 0 aromatic carbocycles. The highest BCUT2D eigenvalue weighted by molar-refractivity contribution is 7.14. The number of thiophene rings is 1. The lowest BCUT2D eigenvalue weighted by Gasteiger charge is -2.01. The molecule has 17 heavy (non-hydrogen) atoms. The van der Waals surface area contributed by atoms with Gasteiger partial charge in [0.25, 0.3) is 0 Å².